The van der Waals surface area contributed by atoms with E-state index in [2.05, 4.69) is 9.97 Å². The van der Waals surface area contributed by atoms with Gasteiger partial charge in [-0.1, -0.05) is 0 Å². The van der Waals surface area contributed by atoms with Gasteiger partial charge in [-0.05, 0) is 18.4 Å². The van der Waals surface area contributed by atoms with Crippen molar-refractivity contribution in [3.63, 3.8) is 0 Å². The fraction of sp³-hybridized carbons (Fsp3) is 0.0909. The van der Waals surface area contributed by atoms with Crippen molar-refractivity contribution in [2.24, 2.45) is 0 Å². The lowest BCUT2D eigenvalue weighted by Gasteiger charge is -2.07. The predicted octanol–water partition coefficient (Wildman–Crippen LogP) is 2.71. The highest BCUT2D eigenvalue weighted by Gasteiger charge is 2.05. The van der Waals surface area contributed by atoms with Gasteiger partial charge in [0.1, 0.15) is 17.2 Å². The van der Waals surface area contributed by atoms with Crippen LogP contribution in [-0.4, -0.2) is 16.2 Å². The molecule has 17 heavy (non-hydrogen) atoms. The number of hydrogen-bond donors (Lipinski definition) is 1. The van der Waals surface area contributed by atoms with Crippen LogP contribution in [0, 0.1) is 5.82 Å². The molecule has 88 valence electrons. The Balaban J connectivity index is 2.27. The average Bonchev–Trinajstić information content (AvgIpc) is 2.34. The maximum atomic E-state index is 13.0. The van der Waals surface area contributed by atoms with E-state index < -0.39 is 5.82 Å². The first-order chi connectivity index (χ1) is 8.19. The van der Waals surface area contributed by atoms with Crippen LogP contribution in [0.5, 0.6) is 11.6 Å². The number of nitrogens with zero attached hydrogens (tertiary/aromatic N) is 2. The van der Waals surface area contributed by atoms with Crippen LogP contribution in [0.3, 0.4) is 0 Å². The molecule has 2 rings (SSSR count). The van der Waals surface area contributed by atoms with Crippen LogP contribution in [0.2, 0.25) is 0 Å². The van der Waals surface area contributed by atoms with E-state index in [1.807, 2.05) is 6.26 Å². The van der Waals surface area contributed by atoms with Crippen LogP contribution in [0.1, 0.15) is 0 Å². The van der Waals surface area contributed by atoms with Gasteiger partial charge < -0.3 is 10.5 Å². The zero-order chi connectivity index (χ0) is 12.3. The third-order valence-electron chi connectivity index (χ3n) is 2.02. The summed E-state index contributed by atoms with van der Waals surface area (Å²) in [7, 11) is 0. The second kappa shape index (κ2) is 5.01. The first-order valence-corrected chi connectivity index (χ1v) is 6.00. The number of nitrogens with two attached hydrogens (primary N) is 1. The molecule has 0 aliphatic rings. The van der Waals surface area contributed by atoms with Gasteiger partial charge in [0.15, 0.2) is 5.75 Å². The lowest BCUT2D eigenvalue weighted by molar-refractivity contribution is 0.456. The lowest BCUT2D eigenvalue weighted by Crippen LogP contribution is -1.95. The van der Waals surface area contributed by atoms with Gasteiger partial charge in [-0.15, -0.1) is 11.8 Å². The number of nitrogen functional groups attached to an aromatic ring is 1. The Hall–Kier alpha value is -1.82. The highest BCUT2D eigenvalue weighted by molar-refractivity contribution is 7.98. The Bertz CT molecular complexity index is 536. The van der Waals surface area contributed by atoms with Crippen LogP contribution in [0.4, 0.5) is 10.1 Å². The minimum absolute atomic E-state index is 0.246. The topological polar surface area (TPSA) is 61.0 Å². The molecule has 0 aliphatic heterocycles. The van der Waals surface area contributed by atoms with E-state index in [1.54, 1.807) is 6.07 Å². The molecule has 1 heterocycles. The van der Waals surface area contributed by atoms with Crippen molar-refractivity contribution < 1.29 is 9.13 Å². The lowest BCUT2D eigenvalue weighted by atomic mass is 10.3. The van der Waals surface area contributed by atoms with E-state index in [-0.39, 0.29) is 5.75 Å². The fourth-order valence-electron chi connectivity index (χ4n) is 1.20. The van der Waals surface area contributed by atoms with Crippen molar-refractivity contribution in [1.82, 2.24) is 9.97 Å². The first kappa shape index (κ1) is 11.7. The van der Waals surface area contributed by atoms with Crippen molar-refractivity contribution in [3.05, 3.63) is 36.4 Å². The molecule has 0 saturated carbocycles. The molecular formula is C11H10FN3OS. The minimum atomic E-state index is -0.409. The van der Waals surface area contributed by atoms with Crippen LogP contribution in [0.25, 0.3) is 0 Å². The SMILES string of the molecule is CSc1cc(Oc2cc(F)ccc2N)ncn1. The average molecular weight is 251 g/mol. The first-order valence-electron chi connectivity index (χ1n) is 4.78. The number of benzene rings is 1. The number of anilines is 1. The summed E-state index contributed by atoms with van der Waals surface area (Å²) in [6, 6.07) is 5.60. The molecule has 1 aromatic carbocycles. The molecular weight excluding hydrogens is 241 g/mol. The Morgan fingerprint density at radius 3 is 2.88 bits per heavy atom. The van der Waals surface area contributed by atoms with Gasteiger partial charge in [-0.2, -0.15) is 0 Å². The maximum absolute atomic E-state index is 13.0. The Morgan fingerprint density at radius 1 is 1.29 bits per heavy atom. The molecule has 6 heteroatoms. The zero-order valence-electron chi connectivity index (χ0n) is 9.05. The molecule has 2 N–H and O–H groups in total. The molecule has 0 unspecified atom stereocenters. The second-order valence-electron chi connectivity index (χ2n) is 3.18. The Morgan fingerprint density at radius 2 is 2.12 bits per heavy atom. The molecule has 2 aromatic rings. The summed E-state index contributed by atoms with van der Waals surface area (Å²) in [5, 5.41) is 0.768. The molecule has 4 nitrogen and oxygen atoms in total. The molecule has 0 spiro atoms. The largest absolute Gasteiger partial charge is 0.437 e. The number of ether oxygens (including phenoxy) is 1. The molecule has 0 radical (unpaired) electrons. The molecule has 0 bridgehead atoms. The summed E-state index contributed by atoms with van der Waals surface area (Å²) < 4.78 is 18.4. The van der Waals surface area contributed by atoms with E-state index in [9.17, 15) is 4.39 Å². The predicted molar refractivity (Wildman–Crippen MR) is 64.7 cm³/mol. The van der Waals surface area contributed by atoms with Crippen LogP contribution >= 0.6 is 11.8 Å². The third kappa shape index (κ3) is 2.85. The molecule has 0 aliphatic carbocycles. The summed E-state index contributed by atoms with van der Waals surface area (Å²) in [6.07, 6.45) is 3.28. The van der Waals surface area contributed by atoms with Gasteiger partial charge in [0.25, 0.3) is 0 Å². The monoisotopic (exact) mass is 251 g/mol. The van der Waals surface area contributed by atoms with Gasteiger partial charge in [0.2, 0.25) is 5.88 Å². The van der Waals surface area contributed by atoms with E-state index in [0.717, 1.165) is 5.03 Å². The van der Waals surface area contributed by atoms with Crippen molar-refractivity contribution in [2.75, 3.05) is 12.0 Å². The fourth-order valence-corrected chi connectivity index (χ4v) is 1.57. The molecule has 1 aromatic heterocycles. The highest BCUT2D eigenvalue weighted by Crippen LogP contribution is 2.27. The molecule has 0 atom stereocenters. The van der Waals surface area contributed by atoms with Crippen LogP contribution in [0.15, 0.2) is 35.6 Å². The van der Waals surface area contributed by atoms with Crippen LogP contribution in [-0.2, 0) is 0 Å². The van der Waals surface area contributed by atoms with E-state index in [0.29, 0.717) is 11.6 Å². The van der Waals surface area contributed by atoms with Gasteiger partial charge in [0.05, 0.1) is 5.69 Å². The normalized spacial score (nSPS) is 10.2. The quantitative estimate of drug-likeness (QED) is 0.516. The number of halogens is 1. The second-order valence-corrected chi connectivity index (χ2v) is 4.01. The Kier molecular flexibility index (Phi) is 3.43. The maximum Gasteiger partial charge on any atom is 0.223 e. The summed E-state index contributed by atoms with van der Waals surface area (Å²) in [5.41, 5.74) is 6.02. The number of thioether (sulfide) groups is 1. The van der Waals surface area contributed by atoms with Gasteiger partial charge in [-0.3, -0.25) is 0 Å². The van der Waals surface area contributed by atoms with Gasteiger partial charge in [-0.25, -0.2) is 14.4 Å². The highest BCUT2D eigenvalue weighted by atomic mass is 32.2. The van der Waals surface area contributed by atoms with E-state index in [1.165, 1.54) is 36.3 Å². The molecule has 0 fully saturated rings. The van der Waals surface area contributed by atoms with E-state index >= 15 is 0 Å². The zero-order valence-corrected chi connectivity index (χ0v) is 9.87. The van der Waals surface area contributed by atoms with Gasteiger partial charge >= 0.3 is 0 Å². The minimum Gasteiger partial charge on any atom is -0.437 e. The van der Waals surface area contributed by atoms with E-state index in [4.69, 9.17) is 10.5 Å². The molecule has 0 amide bonds. The number of rotatable bonds is 3. The smallest absolute Gasteiger partial charge is 0.223 e. The summed E-state index contributed by atoms with van der Waals surface area (Å²) in [4.78, 5) is 7.93. The standard InChI is InChI=1S/C11H10FN3OS/c1-17-11-5-10(14-6-15-11)16-9-4-7(12)2-3-8(9)13/h2-6H,13H2,1H3. The van der Waals surface area contributed by atoms with Crippen molar-refractivity contribution in [3.8, 4) is 11.6 Å². The third-order valence-corrected chi connectivity index (χ3v) is 2.66. The van der Waals surface area contributed by atoms with Crippen molar-refractivity contribution in [2.45, 2.75) is 5.03 Å². The van der Waals surface area contributed by atoms with Gasteiger partial charge in [0, 0.05) is 12.1 Å². The summed E-state index contributed by atoms with van der Waals surface area (Å²) in [6.45, 7) is 0. The number of aromatic nitrogens is 2. The van der Waals surface area contributed by atoms with Crippen LogP contribution < -0.4 is 10.5 Å². The number of hydrogen-bond acceptors (Lipinski definition) is 5. The summed E-state index contributed by atoms with van der Waals surface area (Å²) in [5.74, 6) is 0.172. The Labute approximate surface area is 102 Å². The summed E-state index contributed by atoms with van der Waals surface area (Å²) >= 11 is 1.46. The van der Waals surface area contributed by atoms with Crippen molar-refractivity contribution >= 4 is 17.4 Å². The molecule has 0 saturated heterocycles. The van der Waals surface area contributed by atoms with Crippen molar-refractivity contribution in [1.29, 1.82) is 0 Å².